The molecule has 0 spiro atoms. The van der Waals surface area contributed by atoms with E-state index < -0.39 is 0 Å². The molecule has 2 aromatic carbocycles. The predicted molar refractivity (Wildman–Crippen MR) is 80.6 cm³/mol. The Morgan fingerprint density at radius 1 is 1.25 bits per heavy atom. The summed E-state index contributed by atoms with van der Waals surface area (Å²) in [5.41, 5.74) is 3.68. The van der Waals surface area contributed by atoms with E-state index in [-0.39, 0.29) is 11.9 Å². The Morgan fingerprint density at radius 2 is 2.10 bits per heavy atom. The molecule has 0 aliphatic carbocycles. The molecule has 3 heteroatoms. The van der Waals surface area contributed by atoms with Gasteiger partial charge in [-0.3, -0.25) is 4.79 Å². The van der Waals surface area contributed by atoms with Gasteiger partial charge in [0.1, 0.15) is 6.04 Å². The Labute approximate surface area is 118 Å². The Morgan fingerprint density at radius 3 is 2.90 bits per heavy atom. The third kappa shape index (κ3) is 2.36. The highest BCUT2D eigenvalue weighted by Gasteiger charge is 2.26. The summed E-state index contributed by atoms with van der Waals surface area (Å²) in [5, 5.41) is 6.13. The van der Waals surface area contributed by atoms with Gasteiger partial charge in [0.2, 0.25) is 5.91 Å². The van der Waals surface area contributed by atoms with E-state index in [0.717, 1.165) is 16.9 Å². The van der Waals surface area contributed by atoms with Crippen LogP contribution in [-0.4, -0.2) is 11.9 Å². The lowest BCUT2D eigenvalue weighted by molar-refractivity contribution is -0.116. The van der Waals surface area contributed by atoms with Gasteiger partial charge in [-0.1, -0.05) is 30.2 Å². The molecular weight excluding hydrogens is 248 g/mol. The maximum atomic E-state index is 12.3. The second kappa shape index (κ2) is 5.10. The normalized spacial score (nSPS) is 15.8. The van der Waals surface area contributed by atoms with Crippen LogP contribution < -0.4 is 10.6 Å². The molecule has 1 atom stereocenters. The molecule has 3 rings (SSSR count). The number of carbonyl (C=O) groups excluding carboxylic acids is 1. The Balaban J connectivity index is 1.71. The molecular formula is C17H14N2O. The summed E-state index contributed by atoms with van der Waals surface area (Å²) < 4.78 is 0. The van der Waals surface area contributed by atoms with Crippen molar-refractivity contribution in [3.05, 3.63) is 59.7 Å². The summed E-state index contributed by atoms with van der Waals surface area (Å²) in [6.07, 6.45) is 6.06. The maximum absolute atomic E-state index is 12.3. The van der Waals surface area contributed by atoms with Crippen LogP contribution in [0.2, 0.25) is 0 Å². The lowest BCUT2D eigenvalue weighted by atomic mass is 10.1. The molecule has 1 heterocycles. The molecule has 2 aromatic rings. The van der Waals surface area contributed by atoms with Gasteiger partial charge in [-0.15, -0.1) is 6.42 Å². The van der Waals surface area contributed by atoms with Crippen LogP contribution in [0.5, 0.6) is 0 Å². The van der Waals surface area contributed by atoms with Crippen LogP contribution in [0.15, 0.2) is 48.5 Å². The van der Waals surface area contributed by atoms with Gasteiger partial charge in [0.25, 0.3) is 0 Å². The van der Waals surface area contributed by atoms with E-state index >= 15 is 0 Å². The minimum absolute atomic E-state index is 0.0460. The van der Waals surface area contributed by atoms with Crippen molar-refractivity contribution < 1.29 is 4.79 Å². The molecule has 0 bridgehead atoms. The lowest BCUT2D eigenvalue weighted by Gasteiger charge is -2.12. The Kier molecular flexibility index (Phi) is 3.14. The van der Waals surface area contributed by atoms with Crippen molar-refractivity contribution in [3.63, 3.8) is 0 Å². The zero-order valence-electron chi connectivity index (χ0n) is 10.9. The first-order chi connectivity index (χ1) is 9.76. The first-order valence-corrected chi connectivity index (χ1v) is 6.48. The predicted octanol–water partition coefficient (Wildman–Crippen LogP) is 2.64. The number of nitrogens with one attached hydrogen (secondary N) is 2. The molecule has 1 aliphatic heterocycles. The highest BCUT2D eigenvalue weighted by Crippen LogP contribution is 2.25. The average molecular weight is 262 g/mol. The second-order valence-electron chi connectivity index (χ2n) is 4.77. The molecule has 0 unspecified atom stereocenters. The van der Waals surface area contributed by atoms with E-state index in [1.165, 1.54) is 5.56 Å². The minimum Gasteiger partial charge on any atom is -0.373 e. The number of fused-ring (bicyclic) bond motifs is 1. The summed E-state index contributed by atoms with van der Waals surface area (Å²) >= 11 is 0. The van der Waals surface area contributed by atoms with E-state index in [0.29, 0.717) is 6.42 Å². The van der Waals surface area contributed by atoms with Crippen LogP contribution in [0.4, 0.5) is 11.4 Å². The Hall–Kier alpha value is -2.73. The zero-order chi connectivity index (χ0) is 13.9. The quantitative estimate of drug-likeness (QED) is 0.817. The number of amides is 1. The van der Waals surface area contributed by atoms with Gasteiger partial charge in [-0.25, -0.2) is 0 Å². The van der Waals surface area contributed by atoms with Crippen LogP contribution in [0, 0.1) is 12.3 Å². The fourth-order valence-electron chi connectivity index (χ4n) is 2.37. The largest absolute Gasteiger partial charge is 0.373 e. The highest BCUT2D eigenvalue weighted by atomic mass is 16.2. The fourth-order valence-corrected chi connectivity index (χ4v) is 2.37. The molecule has 1 amide bonds. The van der Waals surface area contributed by atoms with Gasteiger partial charge < -0.3 is 10.6 Å². The van der Waals surface area contributed by atoms with Crippen LogP contribution in [0.1, 0.15) is 11.1 Å². The molecule has 0 saturated heterocycles. The monoisotopic (exact) mass is 262 g/mol. The van der Waals surface area contributed by atoms with Gasteiger partial charge >= 0.3 is 0 Å². The first kappa shape index (κ1) is 12.3. The first-order valence-electron chi connectivity index (χ1n) is 6.48. The smallest absolute Gasteiger partial charge is 0.247 e. The topological polar surface area (TPSA) is 41.1 Å². The van der Waals surface area contributed by atoms with Gasteiger partial charge in [-0.05, 0) is 29.8 Å². The molecule has 0 radical (unpaired) electrons. The van der Waals surface area contributed by atoms with Crippen molar-refractivity contribution in [1.29, 1.82) is 0 Å². The molecule has 3 nitrogen and oxygen atoms in total. The standard InChI is InChI=1S/C17H14N2O/c1-2-12-6-5-8-14(10-12)18-17(20)16-11-13-7-3-4-9-15(13)19-16/h1,3-10,16,19H,11H2,(H,18,20)/t16-/m0/s1. The van der Waals surface area contributed by atoms with Crippen molar-refractivity contribution in [2.75, 3.05) is 10.6 Å². The van der Waals surface area contributed by atoms with Gasteiger partial charge in [0, 0.05) is 23.4 Å². The summed E-state index contributed by atoms with van der Waals surface area (Å²) in [6.45, 7) is 0. The summed E-state index contributed by atoms with van der Waals surface area (Å²) in [4.78, 5) is 12.3. The van der Waals surface area contributed by atoms with Crippen molar-refractivity contribution in [2.24, 2.45) is 0 Å². The van der Waals surface area contributed by atoms with Gasteiger partial charge in [0.05, 0.1) is 0 Å². The molecule has 98 valence electrons. The van der Waals surface area contributed by atoms with Crippen LogP contribution >= 0.6 is 0 Å². The number of hydrogen-bond acceptors (Lipinski definition) is 2. The number of carbonyl (C=O) groups is 1. The summed E-state index contributed by atoms with van der Waals surface area (Å²) in [6, 6.07) is 15.0. The molecule has 1 aliphatic rings. The third-order valence-corrected chi connectivity index (χ3v) is 3.38. The lowest BCUT2D eigenvalue weighted by Crippen LogP contribution is -2.32. The van der Waals surface area contributed by atoms with E-state index in [1.54, 1.807) is 6.07 Å². The Bertz CT molecular complexity index is 675. The number of anilines is 2. The summed E-state index contributed by atoms with van der Waals surface area (Å²) in [7, 11) is 0. The van der Waals surface area contributed by atoms with Crippen molar-refractivity contribution in [1.82, 2.24) is 0 Å². The second-order valence-corrected chi connectivity index (χ2v) is 4.77. The number of para-hydroxylation sites is 1. The summed E-state index contributed by atoms with van der Waals surface area (Å²) in [5.74, 6) is 2.51. The van der Waals surface area contributed by atoms with Crippen molar-refractivity contribution in [2.45, 2.75) is 12.5 Å². The van der Waals surface area contributed by atoms with Crippen molar-refractivity contribution in [3.8, 4) is 12.3 Å². The molecule has 0 fully saturated rings. The minimum atomic E-state index is -0.234. The van der Waals surface area contributed by atoms with E-state index in [1.807, 2.05) is 42.5 Å². The number of terminal acetylenes is 1. The fraction of sp³-hybridized carbons (Fsp3) is 0.118. The molecule has 20 heavy (non-hydrogen) atoms. The van der Waals surface area contributed by atoms with E-state index in [4.69, 9.17) is 6.42 Å². The van der Waals surface area contributed by atoms with Crippen LogP contribution in [-0.2, 0) is 11.2 Å². The highest BCUT2D eigenvalue weighted by molar-refractivity contribution is 5.98. The zero-order valence-corrected chi connectivity index (χ0v) is 10.9. The number of benzene rings is 2. The van der Waals surface area contributed by atoms with Crippen molar-refractivity contribution >= 4 is 17.3 Å². The SMILES string of the molecule is C#Cc1cccc(NC(=O)[C@@H]2Cc3ccccc3N2)c1. The molecule has 0 saturated carbocycles. The van der Waals surface area contributed by atoms with Gasteiger partial charge in [-0.2, -0.15) is 0 Å². The maximum Gasteiger partial charge on any atom is 0.247 e. The molecule has 0 aromatic heterocycles. The van der Waals surface area contributed by atoms with E-state index in [9.17, 15) is 4.79 Å². The van der Waals surface area contributed by atoms with E-state index in [2.05, 4.69) is 16.6 Å². The van der Waals surface area contributed by atoms with Gasteiger partial charge in [0.15, 0.2) is 0 Å². The number of rotatable bonds is 2. The average Bonchev–Trinajstić information content (AvgIpc) is 2.91. The molecule has 2 N–H and O–H groups in total. The number of hydrogen-bond donors (Lipinski definition) is 2. The van der Waals surface area contributed by atoms with Crippen LogP contribution in [0.3, 0.4) is 0 Å². The third-order valence-electron chi connectivity index (χ3n) is 3.38. The van der Waals surface area contributed by atoms with Crippen LogP contribution in [0.25, 0.3) is 0 Å².